The molecule has 0 saturated carbocycles. The average molecular weight is 238 g/mol. The van der Waals surface area contributed by atoms with Gasteiger partial charge in [0.05, 0.1) is 0 Å². The Morgan fingerprint density at radius 1 is 0.824 bits per heavy atom. The fraction of sp³-hybridized carbons (Fsp3) is 0.882. The molecule has 0 saturated heterocycles. The van der Waals surface area contributed by atoms with Gasteiger partial charge in [-0.25, -0.2) is 0 Å². The van der Waals surface area contributed by atoms with Crippen LogP contribution < -0.4 is 0 Å². The molecule has 0 unspecified atom stereocenters. The molecule has 0 rings (SSSR count). The van der Waals surface area contributed by atoms with Gasteiger partial charge >= 0.3 is 0 Å². The van der Waals surface area contributed by atoms with Gasteiger partial charge in [0, 0.05) is 0 Å². The van der Waals surface area contributed by atoms with E-state index < -0.39 is 0 Å². The number of rotatable bonds is 12. The van der Waals surface area contributed by atoms with Crippen molar-refractivity contribution < 1.29 is 0 Å². The average Bonchev–Trinajstić information content (AvgIpc) is 2.33. The fourth-order valence-electron chi connectivity index (χ4n) is 2.47. The van der Waals surface area contributed by atoms with Gasteiger partial charge in [-0.15, -0.1) is 0 Å². The zero-order chi connectivity index (χ0) is 12.9. The summed E-state index contributed by atoms with van der Waals surface area (Å²) in [5.74, 6) is 0.920. The zero-order valence-electron chi connectivity index (χ0n) is 12.6. The number of allylic oxidation sites excluding steroid dienone is 1. The number of hydrogen-bond donors (Lipinski definition) is 0. The van der Waals surface area contributed by atoms with Crippen LogP contribution in [0, 0.1) is 5.92 Å². The van der Waals surface area contributed by atoms with E-state index in [1.165, 1.54) is 76.2 Å². The summed E-state index contributed by atoms with van der Waals surface area (Å²) in [4.78, 5) is 0. The fourth-order valence-corrected chi connectivity index (χ4v) is 2.47. The van der Waals surface area contributed by atoms with Crippen LogP contribution in [-0.2, 0) is 0 Å². The SMILES string of the molecule is C=C(CCCCC)CC(CCCC)CCCC. The van der Waals surface area contributed by atoms with Crippen LogP contribution in [0.4, 0.5) is 0 Å². The van der Waals surface area contributed by atoms with Crippen LogP contribution >= 0.6 is 0 Å². The first kappa shape index (κ1) is 16.7. The van der Waals surface area contributed by atoms with Crippen LogP contribution in [0.25, 0.3) is 0 Å². The Kier molecular flexibility index (Phi) is 12.0. The molecule has 0 aromatic carbocycles. The van der Waals surface area contributed by atoms with E-state index in [4.69, 9.17) is 0 Å². The van der Waals surface area contributed by atoms with Gasteiger partial charge in [-0.1, -0.05) is 84.3 Å². The van der Waals surface area contributed by atoms with Crippen molar-refractivity contribution >= 4 is 0 Å². The molecule has 0 spiro atoms. The first-order chi connectivity index (χ1) is 8.24. The normalized spacial score (nSPS) is 11.1. The first-order valence-electron chi connectivity index (χ1n) is 7.91. The minimum atomic E-state index is 0.920. The number of unbranched alkanes of at least 4 members (excludes halogenated alkanes) is 4. The van der Waals surface area contributed by atoms with Crippen molar-refractivity contribution in [2.75, 3.05) is 0 Å². The Labute approximate surface area is 110 Å². The summed E-state index contributed by atoms with van der Waals surface area (Å²) in [6.45, 7) is 11.2. The Morgan fingerprint density at radius 3 is 1.82 bits per heavy atom. The molecule has 0 aliphatic carbocycles. The summed E-state index contributed by atoms with van der Waals surface area (Å²) >= 11 is 0. The largest absolute Gasteiger partial charge is 0.0999 e. The van der Waals surface area contributed by atoms with Gasteiger partial charge in [-0.2, -0.15) is 0 Å². The standard InChI is InChI=1S/C17H34/c1-5-8-11-12-16(4)15-17(13-9-6-2)14-10-7-3/h17H,4-15H2,1-3H3. The molecule has 0 amide bonds. The minimum Gasteiger partial charge on any atom is -0.0999 e. The molecule has 0 fully saturated rings. The molecule has 0 aliphatic heterocycles. The minimum absolute atomic E-state index is 0.920. The first-order valence-corrected chi connectivity index (χ1v) is 7.91. The highest BCUT2D eigenvalue weighted by atomic mass is 14.1. The van der Waals surface area contributed by atoms with Crippen LogP contribution in [0.2, 0.25) is 0 Å². The van der Waals surface area contributed by atoms with E-state index in [0.29, 0.717) is 0 Å². The van der Waals surface area contributed by atoms with Crippen LogP contribution in [-0.4, -0.2) is 0 Å². The number of hydrogen-bond acceptors (Lipinski definition) is 0. The van der Waals surface area contributed by atoms with Crippen molar-refractivity contribution in [3.63, 3.8) is 0 Å². The molecule has 0 heterocycles. The van der Waals surface area contributed by atoms with Gasteiger partial charge in [-0.3, -0.25) is 0 Å². The van der Waals surface area contributed by atoms with E-state index in [1.807, 2.05) is 0 Å². The summed E-state index contributed by atoms with van der Waals surface area (Å²) in [6, 6.07) is 0. The van der Waals surface area contributed by atoms with Gasteiger partial charge in [0.1, 0.15) is 0 Å². The van der Waals surface area contributed by atoms with Gasteiger partial charge < -0.3 is 0 Å². The molecule has 102 valence electrons. The lowest BCUT2D eigenvalue weighted by molar-refractivity contribution is 0.411. The van der Waals surface area contributed by atoms with Crippen molar-refractivity contribution in [1.29, 1.82) is 0 Å². The van der Waals surface area contributed by atoms with E-state index in [1.54, 1.807) is 0 Å². The summed E-state index contributed by atoms with van der Waals surface area (Å²) in [5, 5.41) is 0. The van der Waals surface area contributed by atoms with Crippen molar-refractivity contribution in [1.82, 2.24) is 0 Å². The van der Waals surface area contributed by atoms with Crippen LogP contribution in [0.1, 0.15) is 91.4 Å². The van der Waals surface area contributed by atoms with Crippen LogP contribution in [0.3, 0.4) is 0 Å². The van der Waals surface area contributed by atoms with Crippen molar-refractivity contribution in [3.8, 4) is 0 Å². The second-order valence-electron chi connectivity index (χ2n) is 5.56. The second-order valence-corrected chi connectivity index (χ2v) is 5.56. The Morgan fingerprint density at radius 2 is 1.35 bits per heavy atom. The third kappa shape index (κ3) is 10.6. The van der Waals surface area contributed by atoms with E-state index >= 15 is 0 Å². The highest BCUT2D eigenvalue weighted by Crippen LogP contribution is 2.25. The third-order valence-electron chi connectivity index (χ3n) is 3.64. The molecule has 0 N–H and O–H groups in total. The van der Waals surface area contributed by atoms with Gasteiger partial charge in [0.15, 0.2) is 0 Å². The second kappa shape index (κ2) is 12.2. The highest BCUT2D eigenvalue weighted by molar-refractivity contribution is 4.95. The lowest BCUT2D eigenvalue weighted by Gasteiger charge is -2.17. The third-order valence-corrected chi connectivity index (χ3v) is 3.64. The molecule has 0 bridgehead atoms. The molecule has 17 heavy (non-hydrogen) atoms. The maximum Gasteiger partial charge on any atom is -0.0294 e. The molecule has 0 aromatic rings. The van der Waals surface area contributed by atoms with E-state index in [0.717, 1.165) is 5.92 Å². The van der Waals surface area contributed by atoms with Crippen LogP contribution in [0.5, 0.6) is 0 Å². The Balaban J connectivity index is 3.81. The lowest BCUT2D eigenvalue weighted by atomic mass is 9.88. The van der Waals surface area contributed by atoms with Crippen molar-refractivity contribution in [2.24, 2.45) is 5.92 Å². The van der Waals surface area contributed by atoms with Crippen molar-refractivity contribution in [3.05, 3.63) is 12.2 Å². The predicted molar refractivity (Wildman–Crippen MR) is 80.4 cm³/mol. The Hall–Kier alpha value is -0.260. The molecule has 0 atom stereocenters. The Bertz CT molecular complexity index is 161. The topological polar surface area (TPSA) is 0 Å². The quantitative estimate of drug-likeness (QED) is 0.268. The molecular formula is C17H34. The maximum atomic E-state index is 4.28. The molecule has 0 radical (unpaired) electrons. The van der Waals surface area contributed by atoms with E-state index in [-0.39, 0.29) is 0 Å². The molecular weight excluding hydrogens is 204 g/mol. The van der Waals surface area contributed by atoms with Crippen LogP contribution in [0.15, 0.2) is 12.2 Å². The van der Waals surface area contributed by atoms with Gasteiger partial charge in [0.25, 0.3) is 0 Å². The smallest absolute Gasteiger partial charge is 0.0294 e. The van der Waals surface area contributed by atoms with Gasteiger partial charge in [0.2, 0.25) is 0 Å². The van der Waals surface area contributed by atoms with E-state index in [9.17, 15) is 0 Å². The summed E-state index contributed by atoms with van der Waals surface area (Å²) in [7, 11) is 0. The van der Waals surface area contributed by atoms with Crippen molar-refractivity contribution in [2.45, 2.75) is 91.4 Å². The molecule has 0 heteroatoms. The summed E-state index contributed by atoms with van der Waals surface area (Å²) < 4.78 is 0. The highest BCUT2D eigenvalue weighted by Gasteiger charge is 2.09. The zero-order valence-corrected chi connectivity index (χ0v) is 12.6. The lowest BCUT2D eigenvalue weighted by Crippen LogP contribution is -2.02. The van der Waals surface area contributed by atoms with E-state index in [2.05, 4.69) is 27.4 Å². The summed E-state index contributed by atoms with van der Waals surface area (Å²) in [5.41, 5.74) is 1.51. The van der Waals surface area contributed by atoms with Gasteiger partial charge in [-0.05, 0) is 25.2 Å². The summed E-state index contributed by atoms with van der Waals surface area (Å²) in [6.07, 6.45) is 14.9. The maximum absolute atomic E-state index is 4.28. The molecule has 0 aliphatic rings. The molecule has 0 nitrogen and oxygen atoms in total. The monoisotopic (exact) mass is 238 g/mol. The molecule has 0 aromatic heterocycles. The predicted octanol–water partition coefficient (Wildman–Crippen LogP) is 6.51.